The van der Waals surface area contributed by atoms with Crippen LogP contribution >= 0.6 is 15.9 Å². The predicted octanol–water partition coefficient (Wildman–Crippen LogP) is 2.13. The fourth-order valence-electron chi connectivity index (χ4n) is 1.10. The molecule has 0 aromatic heterocycles. The van der Waals surface area contributed by atoms with Crippen molar-refractivity contribution >= 4 is 22.2 Å². The zero-order valence-electron chi connectivity index (χ0n) is 6.34. The van der Waals surface area contributed by atoms with Crippen LogP contribution in [0, 0.1) is 5.82 Å². The standard InChI is InChI=1S/C8H4BrFO3/c9-6-4(2-11)1-5(10)7-8(6)13-3-12-7/h1-2H,3H2. The number of rotatable bonds is 1. The Kier molecular flexibility index (Phi) is 1.95. The van der Waals surface area contributed by atoms with Crippen molar-refractivity contribution in [3.05, 3.63) is 21.9 Å². The first-order chi connectivity index (χ1) is 6.24. The summed E-state index contributed by atoms with van der Waals surface area (Å²) in [7, 11) is 0. The Morgan fingerprint density at radius 2 is 2.15 bits per heavy atom. The van der Waals surface area contributed by atoms with Crippen LogP contribution in [0.4, 0.5) is 4.39 Å². The molecule has 1 aromatic rings. The molecule has 0 aliphatic carbocycles. The molecule has 13 heavy (non-hydrogen) atoms. The van der Waals surface area contributed by atoms with Gasteiger partial charge in [-0.1, -0.05) is 0 Å². The molecule has 0 unspecified atom stereocenters. The van der Waals surface area contributed by atoms with Crippen molar-refractivity contribution in [3.8, 4) is 11.5 Å². The van der Waals surface area contributed by atoms with Gasteiger partial charge in [0.05, 0.1) is 4.47 Å². The van der Waals surface area contributed by atoms with Gasteiger partial charge in [-0.3, -0.25) is 4.79 Å². The summed E-state index contributed by atoms with van der Waals surface area (Å²) in [6.07, 6.45) is 0.551. The van der Waals surface area contributed by atoms with Crippen LogP contribution in [0.5, 0.6) is 11.5 Å². The van der Waals surface area contributed by atoms with Gasteiger partial charge < -0.3 is 9.47 Å². The van der Waals surface area contributed by atoms with Crippen LogP contribution in [0.1, 0.15) is 10.4 Å². The van der Waals surface area contributed by atoms with Crippen molar-refractivity contribution in [2.24, 2.45) is 0 Å². The molecule has 0 amide bonds. The number of hydrogen-bond donors (Lipinski definition) is 0. The summed E-state index contributed by atoms with van der Waals surface area (Å²) in [6.45, 7) is -0.0207. The largest absolute Gasteiger partial charge is 0.452 e. The normalized spacial score (nSPS) is 13.1. The Labute approximate surface area is 81.6 Å². The Balaban J connectivity index is 2.69. The Bertz CT molecular complexity index is 378. The molecule has 1 heterocycles. The SMILES string of the molecule is O=Cc1cc(F)c2c(c1Br)OCO2. The summed E-state index contributed by atoms with van der Waals surface area (Å²) in [5, 5.41) is 0. The van der Waals surface area contributed by atoms with Crippen LogP contribution in [-0.2, 0) is 0 Å². The van der Waals surface area contributed by atoms with Crippen LogP contribution in [0.2, 0.25) is 0 Å². The van der Waals surface area contributed by atoms with Crippen LogP contribution in [0.3, 0.4) is 0 Å². The van der Waals surface area contributed by atoms with Gasteiger partial charge in [0, 0.05) is 5.56 Å². The van der Waals surface area contributed by atoms with Gasteiger partial charge in [0.25, 0.3) is 0 Å². The van der Waals surface area contributed by atoms with Gasteiger partial charge in [-0.15, -0.1) is 0 Å². The average molecular weight is 247 g/mol. The molecule has 0 saturated carbocycles. The first-order valence-electron chi connectivity index (χ1n) is 3.47. The van der Waals surface area contributed by atoms with E-state index >= 15 is 0 Å². The van der Waals surface area contributed by atoms with E-state index in [1.165, 1.54) is 0 Å². The van der Waals surface area contributed by atoms with Crippen LogP contribution in [-0.4, -0.2) is 13.1 Å². The number of fused-ring (bicyclic) bond motifs is 1. The quantitative estimate of drug-likeness (QED) is 0.713. The summed E-state index contributed by atoms with van der Waals surface area (Å²) in [5.74, 6) is -0.280. The number of ether oxygens (including phenoxy) is 2. The van der Waals surface area contributed by atoms with E-state index in [0.717, 1.165) is 6.07 Å². The maximum absolute atomic E-state index is 13.1. The molecule has 1 aliphatic rings. The molecule has 68 valence electrons. The number of carbonyl (C=O) groups excluding carboxylic acids is 1. The number of hydrogen-bond acceptors (Lipinski definition) is 3. The topological polar surface area (TPSA) is 35.5 Å². The van der Waals surface area contributed by atoms with E-state index in [1.807, 2.05) is 0 Å². The summed E-state index contributed by atoms with van der Waals surface area (Å²) in [5.41, 5.74) is 0.210. The molecule has 2 rings (SSSR count). The zero-order valence-corrected chi connectivity index (χ0v) is 7.93. The van der Waals surface area contributed by atoms with E-state index in [0.29, 0.717) is 10.8 Å². The third-order valence-corrected chi connectivity index (χ3v) is 2.51. The highest BCUT2D eigenvalue weighted by Crippen LogP contribution is 2.42. The van der Waals surface area contributed by atoms with E-state index in [4.69, 9.17) is 9.47 Å². The van der Waals surface area contributed by atoms with E-state index in [-0.39, 0.29) is 23.9 Å². The lowest BCUT2D eigenvalue weighted by atomic mass is 10.2. The molecule has 0 N–H and O–H groups in total. The van der Waals surface area contributed by atoms with Crippen molar-refractivity contribution in [2.45, 2.75) is 0 Å². The first kappa shape index (κ1) is 8.50. The lowest BCUT2D eigenvalue weighted by Gasteiger charge is -2.02. The van der Waals surface area contributed by atoms with Crippen molar-refractivity contribution in [2.75, 3.05) is 6.79 Å². The third-order valence-electron chi connectivity index (χ3n) is 1.69. The highest BCUT2D eigenvalue weighted by atomic mass is 79.9. The third kappa shape index (κ3) is 1.19. The molecule has 1 aliphatic heterocycles. The maximum atomic E-state index is 13.1. The molecule has 0 bridgehead atoms. The van der Waals surface area contributed by atoms with Gasteiger partial charge >= 0.3 is 0 Å². The maximum Gasteiger partial charge on any atom is 0.231 e. The summed E-state index contributed by atoms with van der Waals surface area (Å²) >= 11 is 3.12. The van der Waals surface area contributed by atoms with Crippen LogP contribution in [0.25, 0.3) is 0 Å². The molecule has 0 fully saturated rings. The lowest BCUT2D eigenvalue weighted by molar-refractivity contribution is 0.112. The van der Waals surface area contributed by atoms with Crippen LogP contribution < -0.4 is 9.47 Å². The van der Waals surface area contributed by atoms with E-state index in [1.54, 1.807) is 0 Å². The minimum atomic E-state index is -0.585. The molecule has 1 aromatic carbocycles. The van der Waals surface area contributed by atoms with Gasteiger partial charge in [-0.05, 0) is 22.0 Å². The highest BCUT2D eigenvalue weighted by molar-refractivity contribution is 9.10. The second-order valence-electron chi connectivity index (χ2n) is 2.44. The fourth-order valence-corrected chi connectivity index (χ4v) is 1.60. The van der Waals surface area contributed by atoms with Gasteiger partial charge in [-0.25, -0.2) is 4.39 Å². The summed E-state index contributed by atoms with van der Waals surface area (Å²) in [4.78, 5) is 10.5. The van der Waals surface area contributed by atoms with Crippen LogP contribution in [0.15, 0.2) is 10.5 Å². The predicted molar refractivity (Wildman–Crippen MR) is 45.6 cm³/mol. The number of benzene rings is 1. The monoisotopic (exact) mass is 246 g/mol. The summed E-state index contributed by atoms with van der Waals surface area (Å²) in [6, 6.07) is 1.10. The first-order valence-corrected chi connectivity index (χ1v) is 4.26. The molecule has 0 atom stereocenters. The van der Waals surface area contributed by atoms with Gasteiger partial charge in [0.15, 0.2) is 17.9 Å². The number of halogens is 2. The smallest absolute Gasteiger partial charge is 0.231 e. The second-order valence-corrected chi connectivity index (χ2v) is 3.24. The molecule has 0 spiro atoms. The zero-order chi connectivity index (χ0) is 9.42. The fraction of sp³-hybridized carbons (Fsp3) is 0.125. The van der Waals surface area contributed by atoms with E-state index < -0.39 is 5.82 Å². The Morgan fingerprint density at radius 1 is 1.46 bits per heavy atom. The van der Waals surface area contributed by atoms with Crippen molar-refractivity contribution in [1.82, 2.24) is 0 Å². The van der Waals surface area contributed by atoms with Gasteiger partial charge in [-0.2, -0.15) is 0 Å². The number of carbonyl (C=O) groups is 1. The second kappa shape index (κ2) is 2.99. The average Bonchev–Trinajstić information content (AvgIpc) is 2.60. The Morgan fingerprint density at radius 3 is 2.85 bits per heavy atom. The molecule has 0 radical (unpaired) electrons. The highest BCUT2D eigenvalue weighted by Gasteiger charge is 2.23. The van der Waals surface area contributed by atoms with Gasteiger partial charge in [0.1, 0.15) is 0 Å². The number of aldehydes is 1. The molecular formula is C8H4BrFO3. The lowest BCUT2D eigenvalue weighted by Crippen LogP contribution is -1.93. The van der Waals surface area contributed by atoms with Crippen molar-refractivity contribution in [3.63, 3.8) is 0 Å². The molecular weight excluding hydrogens is 243 g/mol. The van der Waals surface area contributed by atoms with E-state index in [9.17, 15) is 9.18 Å². The minimum Gasteiger partial charge on any atom is -0.452 e. The van der Waals surface area contributed by atoms with Crippen molar-refractivity contribution in [1.29, 1.82) is 0 Å². The van der Waals surface area contributed by atoms with Crippen molar-refractivity contribution < 1.29 is 18.7 Å². The van der Waals surface area contributed by atoms with E-state index in [2.05, 4.69) is 15.9 Å². The Hall–Kier alpha value is -1.10. The summed E-state index contributed by atoms with van der Waals surface area (Å²) < 4.78 is 23.4. The molecule has 3 nitrogen and oxygen atoms in total. The molecule has 0 saturated heterocycles. The van der Waals surface area contributed by atoms with Gasteiger partial charge in [0.2, 0.25) is 12.5 Å². The molecule has 5 heteroatoms. The minimum absolute atomic E-state index is 0.0207.